The second-order valence-electron chi connectivity index (χ2n) is 8.09. The minimum Gasteiger partial charge on any atom is -0.356 e. The van der Waals surface area contributed by atoms with Crippen molar-refractivity contribution in [3.63, 3.8) is 0 Å². The molecule has 1 unspecified atom stereocenters. The molecule has 5 nitrogen and oxygen atoms in total. The average molecular weight is 415 g/mol. The second-order valence-corrected chi connectivity index (χ2v) is 8.09. The molecule has 1 aliphatic rings. The first-order valence-electron chi connectivity index (χ1n) is 10.9. The van der Waals surface area contributed by atoms with Crippen molar-refractivity contribution >= 4 is 22.6 Å². The Balaban J connectivity index is 1.23. The number of carbonyl (C=O) groups excluding carboxylic acids is 1. The Morgan fingerprint density at radius 2 is 1.68 bits per heavy atom. The molecule has 0 aliphatic carbocycles. The topological polar surface area (TPSA) is 56.7 Å². The second kappa shape index (κ2) is 9.65. The number of rotatable bonds is 6. The van der Waals surface area contributed by atoms with Crippen molar-refractivity contribution in [3.05, 3.63) is 83.4 Å². The summed E-state index contributed by atoms with van der Waals surface area (Å²) < 4.78 is 0. The molecule has 1 heterocycles. The number of fused-ring (bicyclic) bond motifs is 2. The van der Waals surface area contributed by atoms with Gasteiger partial charge in [-0.3, -0.25) is 9.79 Å². The summed E-state index contributed by atoms with van der Waals surface area (Å²) in [6, 6.07) is 23.3. The summed E-state index contributed by atoms with van der Waals surface area (Å²) in [7, 11) is 1.77. The van der Waals surface area contributed by atoms with Crippen molar-refractivity contribution < 1.29 is 4.79 Å². The Bertz CT molecular complexity index is 1070. The highest BCUT2D eigenvalue weighted by Gasteiger charge is 2.22. The van der Waals surface area contributed by atoms with Crippen LogP contribution in [0.15, 0.2) is 71.7 Å². The van der Waals surface area contributed by atoms with Gasteiger partial charge in [0.15, 0.2) is 5.96 Å². The maximum absolute atomic E-state index is 12.6. The summed E-state index contributed by atoms with van der Waals surface area (Å²) in [6.07, 6.45) is 1.31. The van der Waals surface area contributed by atoms with E-state index in [1.165, 1.54) is 27.5 Å². The number of carbonyl (C=O) groups is 1. The summed E-state index contributed by atoms with van der Waals surface area (Å²) >= 11 is 0. The molecule has 4 rings (SSSR count). The summed E-state index contributed by atoms with van der Waals surface area (Å²) in [4.78, 5) is 18.8. The van der Waals surface area contributed by atoms with Gasteiger partial charge in [-0.05, 0) is 46.9 Å². The quantitative estimate of drug-likeness (QED) is 0.357. The SMILES string of the molecule is CN=C(NCCCC(=O)N1Cc2ccccc2C1)NC(C)c1ccc2ccccc2c1. The molecule has 0 saturated carbocycles. The predicted octanol–water partition coefficient (Wildman–Crippen LogP) is 4.39. The van der Waals surface area contributed by atoms with Gasteiger partial charge < -0.3 is 15.5 Å². The highest BCUT2D eigenvalue weighted by Crippen LogP contribution is 2.23. The van der Waals surface area contributed by atoms with Crippen molar-refractivity contribution in [2.45, 2.75) is 38.9 Å². The third-order valence-electron chi connectivity index (χ3n) is 5.90. The number of hydrogen-bond acceptors (Lipinski definition) is 2. The van der Waals surface area contributed by atoms with Gasteiger partial charge in [-0.2, -0.15) is 0 Å². The van der Waals surface area contributed by atoms with Crippen molar-refractivity contribution in [1.82, 2.24) is 15.5 Å². The van der Waals surface area contributed by atoms with Gasteiger partial charge in [0.05, 0.1) is 6.04 Å². The zero-order chi connectivity index (χ0) is 21.6. The highest BCUT2D eigenvalue weighted by molar-refractivity contribution is 5.84. The number of guanidine groups is 1. The Hall–Kier alpha value is -3.34. The largest absolute Gasteiger partial charge is 0.356 e. The van der Waals surface area contributed by atoms with E-state index in [2.05, 4.69) is 77.1 Å². The molecule has 0 bridgehead atoms. The first-order valence-corrected chi connectivity index (χ1v) is 10.9. The van der Waals surface area contributed by atoms with Crippen molar-refractivity contribution in [2.75, 3.05) is 13.6 Å². The predicted molar refractivity (Wildman–Crippen MR) is 127 cm³/mol. The molecule has 31 heavy (non-hydrogen) atoms. The van der Waals surface area contributed by atoms with Crippen LogP contribution in [0.2, 0.25) is 0 Å². The third kappa shape index (κ3) is 5.05. The molecule has 0 radical (unpaired) electrons. The van der Waals surface area contributed by atoms with Crippen LogP contribution in [0.4, 0.5) is 0 Å². The zero-order valence-electron chi connectivity index (χ0n) is 18.3. The minimum absolute atomic E-state index is 0.126. The Kier molecular flexibility index (Phi) is 6.51. The van der Waals surface area contributed by atoms with E-state index in [4.69, 9.17) is 0 Å². The lowest BCUT2D eigenvalue weighted by atomic mass is 10.0. The minimum atomic E-state index is 0.126. The molecule has 2 N–H and O–H groups in total. The smallest absolute Gasteiger partial charge is 0.223 e. The molecule has 1 aliphatic heterocycles. The van der Waals surface area contributed by atoms with Gasteiger partial charge in [0.2, 0.25) is 5.91 Å². The fourth-order valence-corrected chi connectivity index (χ4v) is 4.07. The zero-order valence-corrected chi connectivity index (χ0v) is 18.3. The Morgan fingerprint density at radius 3 is 2.39 bits per heavy atom. The molecule has 3 aromatic rings. The van der Waals surface area contributed by atoms with Crippen LogP contribution in [0.5, 0.6) is 0 Å². The number of hydrogen-bond donors (Lipinski definition) is 2. The van der Waals surface area contributed by atoms with Gasteiger partial charge in [0, 0.05) is 33.1 Å². The lowest BCUT2D eigenvalue weighted by Crippen LogP contribution is -2.39. The van der Waals surface area contributed by atoms with Crippen molar-refractivity contribution in [2.24, 2.45) is 4.99 Å². The molecule has 5 heteroatoms. The van der Waals surface area contributed by atoms with E-state index in [0.717, 1.165) is 25.5 Å². The number of benzene rings is 3. The van der Waals surface area contributed by atoms with Crippen molar-refractivity contribution in [1.29, 1.82) is 0 Å². The molecule has 0 aromatic heterocycles. The van der Waals surface area contributed by atoms with E-state index in [9.17, 15) is 4.79 Å². The van der Waals surface area contributed by atoms with Gasteiger partial charge in [-0.15, -0.1) is 0 Å². The standard InChI is InChI=1S/C26H30N4O/c1-19(21-14-13-20-8-3-4-9-22(20)16-21)29-26(27-2)28-15-7-12-25(31)30-17-23-10-5-6-11-24(23)18-30/h3-6,8-11,13-14,16,19H,7,12,15,17-18H2,1-2H3,(H2,27,28,29). The van der Waals surface area contributed by atoms with E-state index < -0.39 is 0 Å². The molecule has 0 fully saturated rings. The van der Waals surface area contributed by atoms with Crippen LogP contribution in [0, 0.1) is 0 Å². The first kappa shape index (κ1) is 20.9. The lowest BCUT2D eigenvalue weighted by Gasteiger charge is -2.19. The first-order chi connectivity index (χ1) is 15.1. The van der Waals surface area contributed by atoms with Crippen LogP contribution in [-0.2, 0) is 17.9 Å². The molecule has 0 spiro atoms. The van der Waals surface area contributed by atoms with Gasteiger partial charge in [0.25, 0.3) is 0 Å². The summed E-state index contributed by atoms with van der Waals surface area (Å²) in [5, 5.41) is 9.26. The van der Waals surface area contributed by atoms with E-state index in [-0.39, 0.29) is 11.9 Å². The summed E-state index contributed by atoms with van der Waals surface area (Å²) in [5.74, 6) is 0.965. The average Bonchev–Trinajstić information content (AvgIpc) is 3.25. The van der Waals surface area contributed by atoms with Gasteiger partial charge in [0.1, 0.15) is 0 Å². The number of amides is 1. The Morgan fingerprint density at radius 1 is 1.00 bits per heavy atom. The maximum Gasteiger partial charge on any atom is 0.223 e. The lowest BCUT2D eigenvalue weighted by molar-refractivity contribution is -0.131. The molecule has 1 atom stereocenters. The highest BCUT2D eigenvalue weighted by atomic mass is 16.2. The van der Waals surface area contributed by atoms with E-state index in [1.54, 1.807) is 7.05 Å². The fourth-order valence-electron chi connectivity index (χ4n) is 4.07. The van der Waals surface area contributed by atoms with E-state index >= 15 is 0 Å². The summed E-state index contributed by atoms with van der Waals surface area (Å²) in [6.45, 7) is 4.30. The summed E-state index contributed by atoms with van der Waals surface area (Å²) in [5.41, 5.74) is 3.74. The van der Waals surface area contributed by atoms with Crippen LogP contribution in [0.3, 0.4) is 0 Å². The molecular weight excluding hydrogens is 384 g/mol. The van der Waals surface area contributed by atoms with Gasteiger partial charge in [-0.25, -0.2) is 0 Å². The molecule has 0 saturated heterocycles. The monoisotopic (exact) mass is 414 g/mol. The molecular formula is C26H30N4O. The van der Waals surface area contributed by atoms with Gasteiger partial charge in [-0.1, -0.05) is 60.7 Å². The van der Waals surface area contributed by atoms with E-state index in [0.29, 0.717) is 13.0 Å². The van der Waals surface area contributed by atoms with Crippen LogP contribution in [-0.4, -0.2) is 30.4 Å². The molecule has 3 aromatic carbocycles. The van der Waals surface area contributed by atoms with Crippen LogP contribution >= 0.6 is 0 Å². The normalized spacial score (nSPS) is 14.4. The molecule has 160 valence electrons. The third-order valence-corrected chi connectivity index (χ3v) is 5.90. The van der Waals surface area contributed by atoms with Crippen LogP contribution < -0.4 is 10.6 Å². The fraction of sp³-hybridized carbons (Fsp3) is 0.308. The van der Waals surface area contributed by atoms with E-state index in [1.807, 2.05) is 17.0 Å². The number of aliphatic imine (C=N–C) groups is 1. The number of nitrogens with zero attached hydrogens (tertiary/aromatic N) is 2. The maximum atomic E-state index is 12.6. The van der Waals surface area contributed by atoms with Crippen LogP contribution in [0.25, 0.3) is 10.8 Å². The van der Waals surface area contributed by atoms with Gasteiger partial charge >= 0.3 is 0 Å². The van der Waals surface area contributed by atoms with Crippen LogP contribution in [0.1, 0.15) is 42.5 Å². The number of nitrogens with one attached hydrogen (secondary N) is 2. The molecule has 1 amide bonds. The van der Waals surface area contributed by atoms with Crippen molar-refractivity contribution in [3.8, 4) is 0 Å². The Labute approximate surface area is 184 Å².